The molecule has 7 nitrogen and oxygen atoms in total. The maximum absolute atomic E-state index is 11.2. The average Bonchev–Trinajstić information content (AvgIpc) is 2.28. The van der Waals surface area contributed by atoms with Crippen molar-refractivity contribution in [2.75, 3.05) is 46.9 Å². The SMILES string of the molecule is CN(C)CCOCCNC(=O)NCCCC(=O)O. The molecular weight excluding hydrogens is 238 g/mol. The van der Waals surface area contributed by atoms with Gasteiger partial charge in [0.1, 0.15) is 0 Å². The second-order valence-corrected chi connectivity index (χ2v) is 4.10. The summed E-state index contributed by atoms with van der Waals surface area (Å²) < 4.78 is 5.29. The zero-order valence-electron chi connectivity index (χ0n) is 11.1. The minimum absolute atomic E-state index is 0.0634. The zero-order valence-corrected chi connectivity index (χ0v) is 11.1. The minimum Gasteiger partial charge on any atom is -0.481 e. The number of amides is 2. The molecule has 0 rings (SSSR count). The number of rotatable bonds is 10. The Morgan fingerprint density at radius 2 is 1.83 bits per heavy atom. The second-order valence-electron chi connectivity index (χ2n) is 4.10. The number of nitrogens with one attached hydrogen (secondary N) is 2. The maximum Gasteiger partial charge on any atom is 0.314 e. The van der Waals surface area contributed by atoms with Crippen molar-refractivity contribution in [2.45, 2.75) is 12.8 Å². The van der Waals surface area contributed by atoms with Crippen molar-refractivity contribution in [1.29, 1.82) is 0 Å². The lowest BCUT2D eigenvalue weighted by molar-refractivity contribution is -0.137. The van der Waals surface area contributed by atoms with E-state index in [2.05, 4.69) is 10.6 Å². The van der Waals surface area contributed by atoms with Crippen molar-refractivity contribution in [3.05, 3.63) is 0 Å². The van der Waals surface area contributed by atoms with Gasteiger partial charge in [-0.15, -0.1) is 0 Å². The number of nitrogens with zero attached hydrogens (tertiary/aromatic N) is 1. The molecule has 0 radical (unpaired) electrons. The Bertz CT molecular complexity index is 246. The van der Waals surface area contributed by atoms with Gasteiger partial charge in [0.15, 0.2) is 0 Å². The number of aliphatic carboxylic acids is 1. The second kappa shape index (κ2) is 10.8. The van der Waals surface area contributed by atoms with E-state index in [-0.39, 0.29) is 12.5 Å². The molecule has 0 aliphatic heterocycles. The highest BCUT2D eigenvalue weighted by molar-refractivity contribution is 5.73. The first-order valence-electron chi connectivity index (χ1n) is 5.98. The summed E-state index contributed by atoms with van der Waals surface area (Å²) in [7, 11) is 3.93. The molecule has 0 aliphatic rings. The first-order valence-corrected chi connectivity index (χ1v) is 5.98. The molecule has 0 atom stereocenters. The predicted octanol–water partition coefficient (Wildman–Crippen LogP) is -0.271. The molecule has 106 valence electrons. The molecule has 0 aromatic heterocycles. The number of carboxylic acid groups (broad SMARTS) is 1. The van der Waals surface area contributed by atoms with Gasteiger partial charge in [-0.05, 0) is 20.5 Å². The van der Waals surface area contributed by atoms with Crippen LogP contribution < -0.4 is 10.6 Å². The third-order valence-corrected chi connectivity index (χ3v) is 2.07. The fourth-order valence-electron chi connectivity index (χ4n) is 1.09. The van der Waals surface area contributed by atoms with E-state index in [1.54, 1.807) is 0 Å². The van der Waals surface area contributed by atoms with Crippen molar-refractivity contribution in [3.63, 3.8) is 0 Å². The van der Waals surface area contributed by atoms with Crippen LogP contribution in [-0.2, 0) is 9.53 Å². The van der Waals surface area contributed by atoms with Crippen LogP contribution in [0.1, 0.15) is 12.8 Å². The van der Waals surface area contributed by atoms with Gasteiger partial charge in [0.2, 0.25) is 0 Å². The molecule has 0 aromatic rings. The number of urea groups is 1. The van der Waals surface area contributed by atoms with Gasteiger partial charge in [-0.25, -0.2) is 4.79 Å². The fraction of sp³-hybridized carbons (Fsp3) is 0.818. The third-order valence-electron chi connectivity index (χ3n) is 2.07. The van der Waals surface area contributed by atoms with Crippen LogP contribution in [0.2, 0.25) is 0 Å². The lowest BCUT2D eigenvalue weighted by Gasteiger charge is -2.10. The van der Waals surface area contributed by atoms with Gasteiger partial charge in [-0.1, -0.05) is 0 Å². The van der Waals surface area contributed by atoms with Crippen molar-refractivity contribution >= 4 is 12.0 Å². The van der Waals surface area contributed by atoms with Gasteiger partial charge in [0, 0.05) is 26.1 Å². The molecule has 0 saturated carbocycles. The lowest BCUT2D eigenvalue weighted by Crippen LogP contribution is -2.38. The van der Waals surface area contributed by atoms with Gasteiger partial charge in [-0.2, -0.15) is 0 Å². The van der Waals surface area contributed by atoms with Gasteiger partial charge in [0.25, 0.3) is 0 Å². The normalized spacial score (nSPS) is 10.4. The van der Waals surface area contributed by atoms with Crippen molar-refractivity contribution in [2.24, 2.45) is 0 Å². The first kappa shape index (κ1) is 16.7. The first-order chi connectivity index (χ1) is 8.52. The van der Waals surface area contributed by atoms with Crippen LogP contribution in [0.15, 0.2) is 0 Å². The van der Waals surface area contributed by atoms with E-state index in [0.717, 1.165) is 6.54 Å². The Balaban J connectivity index is 3.24. The molecule has 0 aliphatic carbocycles. The minimum atomic E-state index is -0.855. The molecule has 0 bridgehead atoms. The Morgan fingerprint density at radius 1 is 1.17 bits per heavy atom. The summed E-state index contributed by atoms with van der Waals surface area (Å²) in [6.45, 7) is 2.75. The van der Waals surface area contributed by atoms with E-state index < -0.39 is 5.97 Å². The molecule has 3 N–H and O–H groups in total. The molecular formula is C11H23N3O4. The van der Waals surface area contributed by atoms with Crippen LogP contribution in [0.5, 0.6) is 0 Å². The number of carbonyl (C=O) groups is 2. The number of likely N-dealkylation sites (N-methyl/N-ethyl adjacent to an activating group) is 1. The molecule has 0 saturated heterocycles. The summed E-state index contributed by atoms with van der Waals surface area (Å²) in [6, 6.07) is -0.295. The summed E-state index contributed by atoms with van der Waals surface area (Å²) in [5.74, 6) is -0.855. The van der Waals surface area contributed by atoms with E-state index >= 15 is 0 Å². The Kier molecular flexibility index (Phi) is 9.99. The van der Waals surface area contributed by atoms with Crippen LogP contribution in [0.3, 0.4) is 0 Å². The van der Waals surface area contributed by atoms with E-state index in [1.165, 1.54) is 0 Å². The third kappa shape index (κ3) is 12.7. The van der Waals surface area contributed by atoms with Crippen LogP contribution in [0.25, 0.3) is 0 Å². The summed E-state index contributed by atoms with van der Waals surface area (Å²) in [5.41, 5.74) is 0. The molecule has 0 spiro atoms. The molecule has 7 heteroatoms. The van der Waals surface area contributed by atoms with Crippen molar-refractivity contribution in [3.8, 4) is 0 Å². The molecule has 0 heterocycles. The van der Waals surface area contributed by atoms with Crippen molar-refractivity contribution in [1.82, 2.24) is 15.5 Å². The standard InChI is InChI=1S/C11H23N3O4/c1-14(2)7-9-18-8-6-13-11(17)12-5-3-4-10(15)16/h3-9H2,1-2H3,(H,15,16)(H2,12,13,17). The highest BCUT2D eigenvalue weighted by Crippen LogP contribution is 1.85. The number of carboxylic acids is 1. The van der Waals surface area contributed by atoms with Gasteiger partial charge < -0.3 is 25.4 Å². The van der Waals surface area contributed by atoms with Gasteiger partial charge >= 0.3 is 12.0 Å². The predicted molar refractivity (Wildman–Crippen MR) is 67.6 cm³/mol. The van der Waals surface area contributed by atoms with Crippen molar-refractivity contribution < 1.29 is 19.4 Å². The average molecular weight is 261 g/mol. The Morgan fingerprint density at radius 3 is 2.44 bits per heavy atom. The fourth-order valence-corrected chi connectivity index (χ4v) is 1.09. The smallest absolute Gasteiger partial charge is 0.314 e. The van der Waals surface area contributed by atoms with E-state index in [4.69, 9.17) is 9.84 Å². The lowest BCUT2D eigenvalue weighted by atomic mass is 10.3. The maximum atomic E-state index is 11.2. The molecule has 0 unspecified atom stereocenters. The Hall–Kier alpha value is -1.34. The van der Waals surface area contributed by atoms with Crippen LogP contribution in [-0.4, -0.2) is 69.0 Å². The monoisotopic (exact) mass is 261 g/mol. The summed E-state index contributed by atoms with van der Waals surface area (Å²) in [5, 5.41) is 13.6. The molecule has 0 fully saturated rings. The Labute approximate surface area is 107 Å². The van der Waals surface area contributed by atoms with Crippen LogP contribution in [0, 0.1) is 0 Å². The topological polar surface area (TPSA) is 90.9 Å². The number of ether oxygens (including phenoxy) is 1. The number of hydrogen-bond donors (Lipinski definition) is 3. The van der Waals surface area contributed by atoms with Gasteiger partial charge in [0.05, 0.1) is 13.2 Å². The highest BCUT2D eigenvalue weighted by Gasteiger charge is 2.00. The molecule has 18 heavy (non-hydrogen) atoms. The van der Waals surface area contributed by atoms with Crippen LogP contribution in [0.4, 0.5) is 4.79 Å². The van der Waals surface area contributed by atoms with E-state index in [0.29, 0.717) is 32.7 Å². The zero-order chi connectivity index (χ0) is 13.8. The molecule has 0 aromatic carbocycles. The van der Waals surface area contributed by atoms with E-state index in [9.17, 15) is 9.59 Å². The summed E-state index contributed by atoms with van der Waals surface area (Å²) in [4.78, 5) is 23.4. The van der Waals surface area contributed by atoms with Crippen LogP contribution >= 0.6 is 0 Å². The van der Waals surface area contributed by atoms with E-state index in [1.807, 2.05) is 19.0 Å². The quantitative estimate of drug-likeness (QED) is 0.471. The molecule has 2 amide bonds. The number of carbonyl (C=O) groups excluding carboxylic acids is 1. The number of hydrogen-bond acceptors (Lipinski definition) is 4. The summed E-state index contributed by atoms with van der Waals surface area (Å²) in [6.07, 6.45) is 0.496. The highest BCUT2D eigenvalue weighted by atomic mass is 16.5. The van der Waals surface area contributed by atoms with Gasteiger partial charge in [-0.3, -0.25) is 4.79 Å². The largest absolute Gasteiger partial charge is 0.481 e. The summed E-state index contributed by atoms with van der Waals surface area (Å²) >= 11 is 0.